The molecule has 1 aromatic carbocycles. The Balaban J connectivity index is -0.000000361. The van der Waals surface area contributed by atoms with Gasteiger partial charge < -0.3 is 4.55 Å². The number of alkyl halides is 3. The van der Waals surface area contributed by atoms with E-state index in [9.17, 15) is 13.2 Å². The Morgan fingerprint density at radius 2 is 1.22 bits per heavy atom. The summed E-state index contributed by atoms with van der Waals surface area (Å²) in [5.41, 5.74) is -4.44. The minimum Gasteiger partial charge on any atom is -0.741 e. The maximum Gasteiger partial charge on any atom is 3.00 e. The summed E-state index contributed by atoms with van der Waals surface area (Å²) in [6, 6.07) is 11.8. The van der Waals surface area contributed by atoms with Crippen molar-refractivity contribution in [1.82, 2.24) is 0 Å². The molecule has 0 spiro atoms. The minimum absolute atomic E-state index is 0. The van der Waals surface area contributed by atoms with Gasteiger partial charge in [0.15, 0.2) is 10.1 Å². The molecule has 0 bridgehead atoms. The van der Waals surface area contributed by atoms with Crippen molar-refractivity contribution in [2.45, 2.75) is 40.1 Å². The van der Waals surface area contributed by atoms with Crippen LogP contribution in [0.5, 0.6) is 0 Å². The van der Waals surface area contributed by atoms with Gasteiger partial charge in [-0.2, -0.15) is 18.4 Å². The fourth-order valence-corrected chi connectivity index (χ4v) is 2.11. The van der Waals surface area contributed by atoms with E-state index < -0.39 is 15.6 Å². The second kappa shape index (κ2) is 17.3. The van der Waals surface area contributed by atoms with Gasteiger partial charge in [-0.1, -0.05) is 71.5 Å². The summed E-state index contributed by atoms with van der Waals surface area (Å²) in [6.45, 7) is 17.7. The SMILES string of the molecule is C=CC#N.C[C]1[C](C)[C](C)[C](C)[C]1C.O=S(=O)([O-])C(F)(F)F.[CH2][CH][CH]c1ccccc1.[Ir+3]. The number of benzene rings is 1. The van der Waals surface area contributed by atoms with Crippen molar-refractivity contribution in [3.05, 3.63) is 97.9 Å². The third-order valence-electron chi connectivity index (χ3n) is 4.30. The molecule has 8 radical (unpaired) electrons. The van der Waals surface area contributed by atoms with Crippen LogP contribution in [-0.2, 0) is 30.2 Å². The molecular formula is C23H27F3IrNO3S+2. The zero-order chi connectivity index (χ0) is 24.8. The third kappa shape index (κ3) is 14.1. The molecule has 1 fully saturated rings. The van der Waals surface area contributed by atoms with Gasteiger partial charge in [0.1, 0.15) is 0 Å². The van der Waals surface area contributed by atoms with Crippen molar-refractivity contribution in [3.63, 3.8) is 0 Å². The monoisotopic (exact) mass is 647 g/mol. The predicted molar refractivity (Wildman–Crippen MR) is 116 cm³/mol. The molecule has 0 aromatic heterocycles. The summed E-state index contributed by atoms with van der Waals surface area (Å²) in [5.74, 6) is 7.34. The van der Waals surface area contributed by atoms with Crippen molar-refractivity contribution in [3.8, 4) is 6.07 Å². The van der Waals surface area contributed by atoms with Crippen LogP contribution in [0.1, 0.15) is 40.2 Å². The molecule has 2 rings (SSSR count). The quantitative estimate of drug-likeness (QED) is 0.225. The van der Waals surface area contributed by atoms with Crippen LogP contribution in [0.2, 0.25) is 0 Å². The van der Waals surface area contributed by atoms with E-state index in [0.717, 1.165) is 0 Å². The van der Waals surface area contributed by atoms with Crippen LogP contribution in [-0.4, -0.2) is 18.5 Å². The molecule has 1 aromatic rings. The van der Waals surface area contributed by atoms with Crippen molar-refractivity contribution in [1.29, 1.82) is 5.26 Å². The summed E-state index contributed by atoms with van der Waals surface area (Å²) < 4.78 is 58.9. The molecule has 0 amide bonds. The van der Waals surface area contributed by atoms with Gasteiger partial charge in [0.05, 0.1) is 6.07 Å². The Hall–Kier alpha value is -1.20. The molecule has 1 aliphatic carbocycles. The molecular weight excluding hydrogens is 620 g/mol. The van der Waals surface area contributed by atoms with Gasteiger partial charge >= 0.3 is 25.6 Å². The zero-order valence-electron chi connectivity index (χ0n) is 18.6. The average Bonchev–Trinajstić information content (AvgIpc) is 2.86. The summed E-state index contributed by atoms with van der Waals surface area (Å²) in [7, 11) is -6.09. The molecule has 0 unspecified atom stereocenters. The van der Waals surface area contributed by atoms with Crippen LogP contribution < -0.4 is 0 Å². The maximum absolute atomic E-state index is 10.7. The van der Waals surface area contributed by atoms with Crippen molar-refractivity contribution < 1.29 is 46.2 Å². The van der Waals surface area contributed by atoms with E-state index in [4.69, 9.17) is 18.2 Å². The Morgan fingerprint density at radius 1 is 0.938 bits per heavy atom. The van der Waals surface area contributed by atoms with Gasteiger partial charge in [-0.05, 0) is 54.9 Å². The van der Waals surface area contributed by atoms with Gasteiger partial charge in [-0.3, -0.25) is 0 Å². The van der Waals surface area contributed by atoms with Crippen LogP contribution in [0.4, 0.5) is 13.2 Å². The molecule has 32 heavy (non-hydrogen) atoms. The Kier molecular flexibility index (Phi) is 19.1. The summed E-state index contributed by atoms with van der Waals surface area (Å²) in [6.07, 6.45) is 4.94. The Morgan fingerprint density at radius 3 is 1.41 bits per heavy atom. The Bertz CT molecular complexity index is 720. The van der Waals surface area contributed by atoms with Crippen LogP contribution in [0.25, 0.3) is 0 Å². The van der Waals surface area contributed by atoms with E-state index >= 15 is 0 Å². The van der Waals surface area contributed by atoms with E-state index in [1.807, 2.05) is 36.8 Å². The topological polar surface area (TPSA) is 81.0 Å². The van der Waals surface area contributed by atoms with E-state index in [-0.39, 0.29) is 20.1 Å². The van der Waals surface area contributed by atoms with Crippen LogP contribution in [0.3, 0.4) is 0 Å². The van der Waals surface area contributed by atoms with Gasteiger partial charge in [-0.25, -0.2) is 8.42 Å². The second-order valence-electron chi connectivity index (χ2n) is 6.17. The molecule has 1 saturated carbocycles. The molecule has 1 aliphatic rings. The molecule has 4 nitrogen and oxygen atoms in total. The Labute approximate surface area is 205 Å². The normalized spacial score (nSPS) is 15.5. The maximum atomic E-state index is 10.7. The first-order chi connectivity index (χ1) is 14.1. The van der Waals surface area contributed by atoms with Gasteiger partial charge in [-0.15, -0.1) is 0 Å². The fourth-order valence-electron chi connectivity index (χ4n) is 2.11. The largest absolute Gasteiger partial charge is 3.00 e. The van der Waals surface area contributed by atoms with Crippen LogP contribution in [0, 0.1) is 60.7 Å². The van der Waals surface area contributed by atoms with Crippen LogP contribution >= 0.6 is 0 Å². The number of nitrogens with zero attached hydrogens (tertiary/aromatic N) is 1. The first-order valence-corrected chi connectivity index (χ1v) is 10.3. The first kappa shape index (κ1) is 35.4. The van der Waals surface area contributed by atoms with Gasteiger partial charge in [0.25, 0.3) is 0 Å². The first-order valence-electron chi connectivity index (χ1n) is 8.88. The number of rotatable bonds is 2. The third-order valence-corrected chi connectivity index (χ3v) is 4.86. The van der Waals surface area contributed by atoms with Crippen LogP contribution in [0.15, 0.2) is 43.0 Å². The summed E-state index contributed by atoms with van der Waals surface area (Å²) in [4.78, 5) is 0. The number of allylic oxidation sites excluding steroid dienone is 1. The average molecular weight is 647 g/mol. The van der Waals surface area contributed by atoms with Crippen molar-refractivity contribution >= 4 is 10.1 Å². The molecule has 0 atom stereocenters. The number of nitriles is 1. The smallest absolute Gasteiger partial charge is 0.741 e. The number of halogens is 3. The van der Waals surface area contributed by atoms with E-state index in [1.54, 1.807) is 12.5 Å². The molecule has 0 saturated heterocycles. The fraction of sp³-hybridized carbons (Fsp3) is 0.261. The molecule has 9 heteroatoms. The van der Waals surface area contributed by atoms with Gasteiger partial charge in [0, 0.05) is 6.08 Å². The molecule has 176 valence electrons. The van der Waals surface area contributed by atoms with E-state index in [0.29, 0.717) is 0 Å². The number of hydrogen-bond donors (Lipinski definition) is 0. The zero-order valence-corrected chi connectivity index (χ0v) is 21.8. The molecule has 0 heterocycles. The second-order valence-corrected chi connectivity index (χ2v) is 7.54. The van der Waals surface area contributed by atoms with Crippen molar-refractivity contribution in [2.24, 2.45) is 0 Å². The number of hydrogen-bond acceptors (Lipinski definition) is 4. The predicted octanol–water partition coefficient (Wildman–Crippen LogP) is 5.99. The minimum atomic E-state index is -6.09. The molecule has 0 N–H and O–H groups in total. The molecule has 0 aliphatic heterocycles. The summed E-state index contributed by atoms with van der Waals surface area (Å²) >= 11 is 0. The standard InChI is InChI=1S/C10H15.C9H9.C3H3N.CHF3O3S.Ir/c1-6-7(2)9(4)10(5)8(6)3;1-2-6-9-7-4-3-5-8-9;1-2-3-4;2-1(3,4)8(5,6)7;/h1-5H3;2-8H,1H2;2H,1H2;(H,5,6,7);/q;;;;+3/p-1. The van der Waals surface area contributed by atoms with Gasteiger partial charge in [0.2, 0.25) is 0 Å². The van der Waals surface area contributed by atoms with Crippen molar-refractivity contribution in [2.75, 3.05) is 0 Å². The van der Waals surface area contributed by atoms with E-state index in [2.05, 4.69) is 48.1 Å². The van der Waals surface area contributed by atoms with E-state index in [1.165, 1.54) is 41.2 Å². The summed E-state index contributed by atoms with van der Waals surface area (Å²) in [5, 5.41) is 7.51.